The molecular weight excluding hydrogens is 1920 g/mol. The number of rotatable bonds is 26. The number of halogens is 9. The lowest BCUT2D eigenvalue weighted by Gasteiger charge is -2.42. The number of hydrogen-bond acceptors (Lipinski definition) is 18. The molecule has 0 aromatic heterocycles. The van der Waals surface area contributed by atoms with Gasteiger partial charge < -0.3 is 51.1 Å². The topological polar surface area (TPSA) is 217 Å². The van der Waals surface area contributed by atoms with E-state index in [0.29, 0.717) is 58.1 Å². The lowest BCUT2D eigenvalue weighted by atomic mass is 9.88. The van der Waals surface area contributed by atoms with E-state index < -0.39 is 11.9 Å². The Morgan fingerprint density at radius 1 is 0.355 bits per heavy atom. The molecular formula is C109H137Cl9N12O8. The minimum Gasteiger partial charge on any atom is -0.481 e. The Kier molecular flexibility index (Phi) is 44.4. The van der Waals surface area contributed by atoms with Crippen LogP contribution >= 0.6 is 104 Å². The quantitative estimate of drug-likeness (QED) is 0.0297. The number of likely N-dealkylation sites (tertiary alicyclic amines) is 6. The van der Waals surface area contributed by atoms with Gasteiger partial charge in [0.15, 0.2) is 0 Å². The summed E-state index contributed by atoms with van der Waals surface area (Å²) in [6.45, 7) is 33.4. The van der Waals surface area contributed by atoms with Crippen LogP contribution in [0.1, 0.15) is 228 Å². The number of benzene rings is 8. The highest BCUT2D eigenvalue weighted by Gasteiger charge is 2.34. The van der Waals surface area contributed by atoms with Crippen molar-refractivity contribution in [3.8, 4) is 0 Å². The average Bonchev–Trinajstić information content (AvgIpc) is 0.827. The van der Waals surface area contributed by atoms with E-state index in [9.17, 15) is 9.59 Å². The van der Waals surface area contributed by atoms with Crippen LogP contribution in [0.5, 0.6) is 0 Å². The number of aryl methyl sites for hydroxylation is 3. The molecule has 29 heteroatoms. The van der Waals surface area contributed by atoms with Crippen LogP contribution in [0.4, 0.5) is 22.7 Å². The molecule has 8 atom stereocenters. The van der Waals surface area contributed by atoms with Crippen molar-refractivity contribution >= 4 is 163 Å². The zero-order valence-corrected chi connectivity index (χ0v) is 88.0. The van der Waals surface area contributed by atoms with Crippen molar-refractivity contribution in [2.45, 2.75) is 211 Å². The fourth-order valence-corrected chi connectivity index (χ4v) is 23.2. The number of likely N-dealkylation sites (N-methyl/N-ethyl adjacent to an activating group) is 2. The fourth-order valence-electron chi connectivity index (χ4n) is 20.7. The van der Waals surface area contributed by atoms with Crippen LogP contribution in [0.2, 0.25) is 45.2 Å². The summed E-state index contributed by atoms with van der Waals surface area (Å²) in [5, 5.41) is 38.8. The summed E-state index contributed by atoms with van der Waals surface area (Å²) in [5.74, 6) is -0.302. The molecule has 6 saturated heterocycles. The van der Waals surface area contributed by atoms with Gasteiger partial charge >= 0.3 is 24.2 Å². The predicted molar refractivity (Wildman–Crippen MR) is 569 cm³/mol. The van der Waals surface area contributed by atoms with Gasteiger partial charge in [-0.1, -0.05) is 183 Å². The van der Waals surface area contributed by atoms with Gasteiger partial charge in [-0.05, 0) is 368 Å². The molecule has 8 aliphatic rings. The van der Waals surface area contributed by atoms with E-state index in [2.05, 4.69) is 213 Å². The average molecular weight is 2060 g/mol. The zero-order chi connectivity index (χ0) is 99.2. The Bertz CT molecular complexity index is 5460. The fraction of sp³-hybridized carbons (Fsp3) is 0.486. The second kappa shape index (κ2) is 55.3. The summed E-state index contributed by atoms with van der Waals surface area (Å²) in [6.07, 6.45) is 22.4. The third-order valence-corrected chi connectivity index (χ3v) is 31.3. The first-order chi connectivity index (χ1) is 66.2. The Morgan fingerprint density at radius 2 is 0.659 bits per heavy atom. The Labute approximate surface area is 862 Å². The normalized spacial score (nSPS) is 20.5. The van der Waals surface area contributed by atoms with E-state index in [4.69, 9.17) is 134 Å². The molecule has 4 unspecified atom stereocenters. The molecule has 6 N–H and O–H groups in total. The number of carbonyl (C=O) groups is 2. The Morgan fingerprint density at radius 3 is 0.978 bits per heavy atom. The molecule has 0 saturated carbocycles. The van der Waals surface area contributed by atoms with Crippen molar-refractivity contribution in [3.63, 3.8) is 0 Å². The third kappa shape index (κ3) is 33.3. The van der Waals surface area contributed by atoms with Crippen LogP contribution in [0.25, 0.3) is 11.1 Å². The van der Waals surface area contributed by atoms with E-state index in [-0.39, 0.29) is 49.3 Å². The molecule has 8 heterocycles. The molecule has 0 bridgehead atoms. The summed E-state index contributed by atoms with van der Waals surface area (Å²) in [4.78, 5) is 74.5. The molecule has 8 aromatic rings. The van der Waals surface area contributed by atoms with Crippen molar-refractivity contribution in [1.82, 2.24) is 39.2 Å². The van der Waals surface area contributed by atoms with E-state index in [0.717, 1.165) is 191 Å². The minimum atomic E-state index is -0.722. The minimum absolute atomic E-state index is 0.0290. The number of nitrogens with zero attached hydrogens (tertiary/aromatic N) is 8. The summed E-state index contributed by atoms with van der Waals surface area (Å²) in [5.41, 5.74) is 19.4. The van der Waals surface area contributed by atoms with Crippen molar-refractivity contribution in [2.75, 3.05) is 153 Å². The number of carboxylic acid groups (broad SMARTS) is 2. The molecule has 138 heavy (non-hydrogen) atoms. The standard InChI is InChI=1S/C28H37Cl2N3O2.C27H32Cl3N3O2.C26H35Cl2N3.C26H33Cl2N3.2CO2/c1-19-5-7-24(26(30)16-19)20(2)31-27-17-22(6-8-25(27)29)21-9-14-33(15-10-21)23-4-3-12-32(18-23)13-11-28(34)35;1-18(23-6-5-21(28)16-25(23)30)31-26-15-20(4-7-24(26)29)19-8-13-33(14-9-19)22-3-2-11-32(17-22)12-10-27(34)35;2*1-18-6-8-23(25(28)15-18)19(2)29-26-16-21(7-9-24(26)27)20-10-13-31(14-11-20)22-5-4-12-30(3)17-22;2*2-1-3/h5-8,16-17,20-21,23,31H,3-4,9-15,18H2,1-2H3,(H,34,35);4-8,15-16,18,22,31H,2-3,9-14,17H2,1H3,(H,34,35);6-9,15-16,19-20,22,29H,4-5,10-14,17H2,1-3H3;6-10,15-16,19,22,29H,4-5,11-14,17H2,1-3H3;;/t20?,23-;18?,22-;2*19?,22-;;/m0000../s1. The summed E-state index contributed by atoms with van der Waals surface area (Å²) in [6, 6.07) is 52.2. The molecule has 8 aliphatic heterocycles. The van der Waals surface area contributed by atoms with Crippen LogP contribution in [-0.4, -0.2) is 230 Å². The van der Waals surface area contributed by atoms with Crippen LogP contribution in [0, 0.1) is 20.8 Å². The first kappa shape index (κ1) is 111. The van der Waals surface area contributed by atoms with E-state index in [1.54, 1.807) is 6.07 Å². The van der Waals surface area contributed by atoms with Gasteiger partial charge in [-0.15, -0.1) is 0 Å². The maximum Gasteiger partial charge on any atom is 0.373 e. The predicted octanol–water partition coefficient (Wildman–Crippen LogP) is 25.7. The highest BCUT2D eigenvalue weighted by molar-refractivity contribution is 6.36. The second-order valence-corrected chi connectivity index (χ2v) is 42.1. The number of anilines is 4. The SMILES string of the molecule is CC(Nc1cc(C2=CCN([C@H]3CCCN(CCC(=O)O)C3)CC2)ccc1Cl)c1ccc(Cl)cc1Cl.Cc1ccc(C(C)Nc2cc(C3=CCN([C@H]4CCCN(C)C4)CC3)ccc2Cl)c(Cl)c1.Cc1ccc(C(C)Nc2cc(C3CCN([C@H]4CCCN(C)C4)CC3)ccc2Cl)c(Cl)c1.Cc1ccc(C(C)Nc2cc(C3CCN([C@H]4CCCN(CCC(=O)O)C4)CC3)ccc2Cl)c(Cl)c1.O=C=O.O=C=O. The molecule has 0 spiro atoms. The largest absolute Gasteiger partial charge is 0.481 e. The monoisotopic (exact) mass is 2060 g/mol. The highest BCUT2D eigenvalue weighted by Crippen LogP contribution is 2.43. The smallest absolute Gasteiger partial charge is 0.373 e. The molecule has 0 radical (unpaired) electrons. The molecule has 744 valence electrons. The molecule has 20 nitrogen and oxygen atoms in total. The summed E-state index contributed by atoms with van der Waals surface area (Å²) < 4.78 is 0. The number of aliphatic carboxylic acids is 2. The third-order valence-electron chi connectivity index (χ3n) is 28.4. The van der Waals surface area contributed by atoms with Gasteiger partial charge in [-0.25, -0.2) is 0 Å². The van der Waals surface area contributed by atoms with Gasteiger partial charge in [0, 0.05) is 115 Å². The Balaban J connectivity index is 0.000000173. The van der Waals surface area contributed by atoms with Crippen molar-refractivity contribution < 1.29 is 39.0 Å². The molecule has 0 aliphatic carbocycles. The number of hydrogen-bond donors (Lipinski definition) is 6. The Hall–Kier alpha value is -7.57. The number of carboxylic acids is 2. The van der Waals surface area contributed by atoms with Gasteiger partial charge in [0.1, 0.15) is 0 Å². The van der Waals surface area contributed by atoms with Crippen LogP contribution in [0.15, 0.2) is 158 Å². The van der Waals surface area contributed by atoms with Gasteiger partial charge in [0.2, 0.25) is 0 Å². The molecule has 8 aromatic carbocycles. The first-order valence-corrected chi connectivity index (χ1v) is 52.2. The van der Waals surface area contributed by atoms with Crippen molar-refractivity contribution in [3.05, 3.63) is 264 Å². The van der Waals surface area contributed by atoms with Gasteiger partial charge in [-0.2, -0.15) is 19.2 Å². The number of piperidine rings is 6. The first-order valence-electron chi connectivity index (χ1n) is 48.8. The zero-order valence-electron chi connectivity index (χ0n) is 81.1. The van der Waals surface area contributed by atoms with Crippen molar-refractivity contribution in [2.24, 2.45) is 0 Å². The highest BCUT2D eigenvalue weighted by atomic mass is 35.5. The van der Waals surface area contributed by atoms with Crippen molar-refractivity contribution in [1.29, 1.82) is 0 Å². The lowest BCUT2D eigenvalue weighted by molar-refractivity contribution is -0.193. The number of nitrogens with one attached hydrogen (secondary N) is 4. The van der Waals surface area contributed by atoms with Gasteiger partial charge in [0.05, 0.1) is 79.8 Å². The maximum absolute atomic E-state index is 10.9. The molecule has 16 rings (SSSR count). The van der Waals surface area contributed by atoms with Crippen LogP contribution < -0.4 is 21.3 Å². The summed E-state index contributed by atoms with van der Waals surface area (Å²) in [7, 11) is 4.50. The van der Waals surface area contributed by atoms with E-state index in [1.165, 1.54) is 135 Å². The van der Waals surface area contributed by atoms with Crippen LogP contribution in [-0.2, 0) is 28.8 Å². The van der Waals surface area contributed by atoms with Crippen LogP contribution in [0.3, 0.4) is 0 Å². The molecule has 0 amide bonds. The van der Waals surface area contributed by atoms with E-state index >= 15 is 0 Å². The number of carbonyl (C=O) groups excluding carboxylic acids is 4. The lowest BCUT2D eigenvalue weighted by Crippen LogP contribution is -2.50. The second-order valence-electron chi connectivity index (χ2n) is 38.4. The van der Waals surface area contributed by atoms with E-state index in [1.807, 2.05) is 61.5 Å². The van der Waals surface area contributed by atoms with Gasteiger partial charge in [0.25, 0.3) is 0 Å². The summed E-state index contributed by atoms with van der Waals surface area (Å²) >= 11 is 58.1. The van der Waals surface area contributed by atoms with Gasteiger partial charge in [-0.3, -0.25) is 29.2 Å². The molecule has 6 fully saturated rings. The maximum atomic E-state index is 10.9.